The minimum atomic E-state index is -4.63. The van der Waals surface area contributed by atoms with Crippen molar-refractivity contribution in [2.45, 2.75) is 277 Å². The highest BCUT2D eigenvalue weighted by Gasteiger charge is 2.21. The molecular weight excluding hydrogens is 822 g/mol. The zero-order valence-electron chi connectivity index (χ0n) is 43.0. The Morgan fingerprint density at radius 1 is 0.469 bits per heavy atom. The topological polar surface area (TPSA) is 111 Å². The molecule has 0 aliphatic heterocycles. The summed E-state index contributed by atoms with van der Waals surface area (Å²) in [4.78, 5) is 37.7. The van der Waals surface area contributed by atoms with Gasteiger partial charge < -0.3 is 27.9 Å². The number of carbonyl (C=O) groups is 2. The maximum Gasteiger partial charge on any atom is 0.306 e. The number of ether oxygens (including phenoxy) is 2. The maximum atomic E-state index is 12.7. The average molecular weight is 928 g/mol. The second-order valence-electron chi connectivity index (χ2n) is 20.0. The van der Waals surface area contributed by atoms with Crippen LogP contribution in [-0.4, -0.2) is 70.0 Å². The van der Waals surface area contributed by atoms with E-state index >= 15 is 0 Å². The number of phosphoric acid groups is 1. The highest BCUT2D eigenvalue weighted by molar-refractivity contribution is 7.45. The first-order valence-corrected chi connectivity index (χ1v) is 28.9. The number of allylic oxidation sites excluding steroid dienone is 2. The van der Waals surface area contributed by atoms with Crippen molar-refractivity contribution in [2.24, 2.45) is 0 Å². The summed E-state index contributed by atoms with van der Waals surface area (Å²) in [6, 6.07) is 0. The van der Waals surface area contributed by atoms with Crippen LogP contribution in [0.15, 0.2) is 12.2 Å². The summed E-state index contributed by atoms with van der Waals surface area (Å²) in [5.74, 6) is -0.854. The largest absolute Gasteiger partial charge is 0.756 e. The molecule has 0 amide bonds. The molecule has 0 fully saturated rings. The molecule has 0 aliphatic carbocycles. The van der Waals surface area contributed by atoms with Crippen LogP contribution < -0.4 is 4.89 Å². The molecule has 0 aromatic rings. The fourth-order valence-corrected chi connectivity index (χ4v) is 8.74. The molecule has 0 heterocycles. The van der Waals surface area contributed by atoms with Crippen molar-refractivity contribution in [1.29, 1.82) is 0 Å². The van der Waals surface area contributed by atoms with Gasteiger partial charge in [0, 0.05) is 12.8 Å². The number of phosphoric ester groups is 1. The lowest BCUT2D eigenvalue weighted by atomic mass is 10.0. The van der Waals surface area contributed by atoms with E-state index in [9.17, 15) is 19.0 Å². The van der Waals surface area contributed by atoms with Crippen LogP contribution in [0.4, 0.5) is 0 Å². The van der Waals surface area contributed by atoms with Gasteiger partial charge in [-0.05, 0) is 32.1 Å². The first-order valence-electron chi connectivity index (χ1n) is 27.4. The molecule has 2 atom stereocenters. The first-order chi connectivity index (χ1) is 31.0. The van der Waals surface area contributed by atoms with Gasteiger partial charge in [-0.1, -0.05) is 238 Å². The Morgan fingerprint density at radius 3 is 1.20 bits per heavy atom. The minimum Gasteiger partial charge on any atom is -0.756 e. The first kappa shape index (κ1) is 62.8. The monoisotopic (exact) mass is 928 g/mol. The molecule has 0 aromatic heterocycles. The predicted octanol–water partition coefficient (Wildman–Crippen LogP) is 15.8. The number of unbranched alkanes of at least 4 members (excludes halogenated alkanes) is 35. The van der Waals surface area contributed by atoms with E-state index in [4.69, 9.17) is 18.5 Å². The van der Waals surface area contributed by atoms with Gasteiger partial charge in [0.25, 0.3) is 7.82 Å². The molecular formula is C54H106NO8P. The van der Waals surface area contributed by atoms with Crippen LogP contribution in [0, 0.1) is 0 Å². The number of hydrogen-bond acceptors (Lipinski definition) is 8. The van der Waals surface area contributed by atoms with Gasteiger partial charge in [0.05, 0.1) is 27.7 Å². The number of esters is 2. The van der Waals surface area contributed by atoms with Crippen LogP contribution in [0.2, 0.25) is 0 Å². The van der Waals surface area contributed by atoms with Crippen LogP contribution in [0.5, 0.6) is 0 Å². The summed E-state index contributed by atoms with van der Waals surface area (Å²) in [5.41, 5.74) is 0. The fraction of sp³-hybridized carbons (Fsp3) is 0.926. The molecule has 1 unspecified atom stereocenters. The third kappa shape index (κ3) is 50.2. The van der Waals surface area contributed by atoms with E-state index in [-0.39, 0.29) is 26.1 Å². The number of carbonyl (C=O) groups excluding carboxylic acids is 2. The van der Waals surface area contributed by atoms with Crippen molar-refractivity contribution in [3.8, 4) is 0 Å². The molecule has 0 N–H and O–H groups in total. The molecule has 0 saturated carbocycles. The van der Waals surface area contributed by atoms with E-state index < -0.39 is 32.5 Å². The zero-order valence-corrected chi connectivity index (χ0v) is 43.9. The van der Waals surface area contributed by atoms with Crippen molar-refractivity contribution >= 4 is 19.8 Å². The average Bonchev–Trinajstić information content (AvgIpc) is 3.25. The van der Waals surface area contributed by atoms with Gasteiger partial charge in [0.1, 0.15) is 19.8 Å². The van der Waals surface area contributed by atoms with Crippen molar-refractivity contribution in [3.05, 3.63) is 12.2 Å². The molecule has 9 nitrogen and oxygen atoms in total. The maximum absolute atomic E-state index is 12.7. The summed E-state index contributed by atoms with van der Waals surface area (Å²) in [6.07, 6.45) is 52.6. The van der Waals surface area contributed by atoms with Gasteiger partial charge in [-0.15, -0.1) is 0 Å². The van der Waals surface area contributed by atoms with Crippen LogP contribution in [0.1, 0.15) is 271 Å². The summed E-state index contributed by atoms with van der Waals surface area (Å²) in [5, 5.41) is 0. The normalized spacial score (nSPS) is 13.4. The lowest BCUT2D eigenvalue weighted by Crippen LogP contribution is -2.37. The lowest BCUT2D eigenvalue weighted by molar-refractivity contribution is -0.870. The molecule has 0 bridgehead atoms. The van der Waals surface area contributed by atoms with E-state index in [0.29, 0.717) is 23.9 Å². The fourth-order valence-electron chi connectivity index (χ4n) is 8.02. The molecule has 10 heteroatoms. The van der Waals surface area contributed by atoms with E-state index in [1.807, 2.05) is 21.1 Å². The summed E-state index contributed by atoms with van der Waals surface area (Å²) >= 11 is 0. The lowest BCUT2D eigenvalue weighted by Gasteiger charge is -2.28. The smallest absolute Gasteiger partial charge is 0.306 e. The van der Waals surface area contributed by atoms with Crippen LogP contribution in [0.25, 0.3) is 0 Å². The Hall–Kier alpha value is -1.25. The Kier molecular flexibility index (Phi) is 45.9. The minimum absolute atomic E-state index is 0.0307. The Labute approximate surface area is 396 Å². The van der Waals surface area contributed by atoms with E-state index in [1.54, 1.807) is 0 Å². The molecule has 0 saturated heterocycles. The Balaban J connectivity index is 4.18. The Morgan fingerprint density at radius 2 is 0.812 bits per heavy atom. The van der Waals surface area contributed by atoms with E-state index in [0.717, 1.165) is 25.7 Å². The molecule has 0 spiro atoms. The van der Waals surface area contributed by atoms with Crippen LogP contribution in [-0.2, 0) is 32.7 Å². The number of hydrogen-bond donors (Lipinski definition) is 0. The highest BCUT2D eigenvalue weighted by Crippen LogP contribution is 2.38. The zero-order chi connectivity index (χ0) is 47.1. The van der Waals surface area contributed by atoms with Crippen molar-refractivity contribution in [1.82, 2.24) is 0 Å². The third-order valence-corrected chi connectivity index (χ3v) is 13.2. The SMILES string of the molecule is CCCCCCCCCCCCCCCCCCCC/C=C/CCCC(=O)OC[C@@H](COP(=O)([O-])OCC[N+](C)(C)C)OC(=O)CCCCCCCCCCCCCCCCCCC. The molecule has 0 aromatic carbocycles. The van der Waals surface area contributed by atoms with Gasteiger partial charge in [-0.2, -0.15) is 0 Å². The van der Waals surface area contributed by atoms with E-state index in [2.05, 4.69) is 26.0 Å². The van der Waals surface area contributed by atoms with E-state index in [1.165, 1.54) is 205 Å². The number of likely N-dealkylation sites (N-methyl/N-ethyl adjacent to an activating group) is 1. The van der Waals surface area contributed by atoms with Crippen LogP contribution >= 0.6 is 7.82 Å². The van der Waals surface area contributed by atoms with Crippen molar-refractivity contribution in [3.63, 3.8) is 0 Å². The number of rotatable bonds is 51. The molecule has 0 aliphatic rings. The second kappa shape index (κ2) is 46.8. The third-order valence-electron chi connectivity index (χ3n) is 12.3. The second-order valence-corrected chi connectivity index (χ2v) is 21.4. The van der Waals surface area contributed by atoms with Gasteiger partial charge in [-0.25, -0.2) is 0 Å². The van der Waals surface area contributed by atoms with Gasteiger partial charge in [-0.3, -0.25) is 14.2 Å². The Bertz CT molecular complexity index is 1100. The van der Waals surface area contributed by atoms with Crippen LogP contribution in [0.3, 0.4) is 0 Å². The van der Waals surface area contributed by atoms with Crippen molar-refractivity contribution < 1.29 is 42.1 Å². The molecule has 380 valence electrons. The van der Waals surface area contributed by atoms with Crippen molar-refractivity contribution in [2.75, 3.05) is 47.5 Å². The number of quaternary nitrogens is 1. The van der Waals surface area contributed by atoms with Gasteiger partial charge in [0.2, 0.25) is 0 Å². The quantitative estimate of drug-likeness (QED) is 0.0195. The standard InChI is InChI=1S/C54H106NO8P/c1-6-8-10-12-14-16-18-20-22-24-25-26-27-28-29-31-32-34-36-38-40-42-44-46-53(56)60-50-52(51-62-64(58,59)61-49-48-55(3,4)5)63-54(57)47-45-43-41-39-37-35-33-30-23-21-19-17-15-13-11-9-7-2/h38,40,52H,6-37,39,41-51H2,1-5H3/b40-38+/t52-/m0/s1. The highest BCUT2D eigenvalue weighted by atomic mass is 31.2. The molecule has 0 rings (SSSR count). The molecule has 0 radical (unpaired) electrons. The summed E-state index contributed by atoms with van der Waals surface area (Å²) < 4.78 is 34.1. The molecule has 64 heavy (non-hydrogen) atoms. The van der Waals surface area contributed by atoms with Gasteiger partial charge >= 0.3 is 11.9 Å². The summed E-state index contributed by atoms with van der Waals surface area (Å²) in [6.45, 7) is 4.26. The summed E-state index contributed by atoms with van der Waals surface area (Å²) in [7, 11) is 1.17. The number of nitrogens with zero attached hydrogens (tertiary/aromatic N) is 1. The predicted molar refractivity (Wildman–Crippen MR) is 268 cm³/mol. The van der Waals surface area contributed by atoms with Gasteiger partial charge in [0.15, 0.2) is 6.10 Å².